The molecule has 0 aromatic carbocycles. The molecule has 0 amide bonds. The lowest BCUT2D eigenvalue weighted by Gasteiger charge is -2.20. The highest BCUT2D eigenvalue weighted by molar-refractivity contribution is 5.77. The smallest absolute Gasteiger partial charge is 0.191 e. The van der Waals surface area contributed by atoms with E-state index in [9.17, 15) is 0 Å². The summed E-state index contributed by atoms with van der Waals surface area (Å²) in [6.45, 7) is 10.7. The second-order valence-electron chi connectivity index (χ2n) is 5.02. The highest BCUT2D eigenvalue weighted by Crippen LogP contribution is 2.09. The van der Waals surface area contributed by atoms with Gasteiger partial charge in [-0.3, -0.25) is 4.99 Å². The Morgan fingerprint density at radius 3 is 2.28 bits per heavy atom. The number of aliphatic imine (C=N–C) groups is 1. The molecular formula is C14H30N4. The highest BCUT2D eigenvalue weighted by Gasteiger charge is 2.08. The second kappa shape index (κ2) is 9.20. The van der Waals surface area contributed by atoms with Crippen molar-refractivity contribution in [3.8, 4) is 0 Å². The van der Waals surface area contributed by atoms with E-state index in [0.717, 1.165) is 26.1 Å². The molecule has 1 aliphatic heterocycles. The van der Waals surface area contributed by atoms with Gasteiger partial charge in [-0.05, 0) is 52.7 Å². The van der Waals surface area contributed by atoms with E-state index in [1.54, 1.807) is 0 Å². The van der Waals surface area contributed by atoms with Gasteiger partial charge >= 0.3 is 0 Å². The SMILES string of the molecule is CCN(CC)C(N)=NCCCN1CCCCCC1. The number of nitrogens with zero attached hydrogens (tertiary/aromatic N) is 3. The molecule has 1 fully saturated rings. The van der Waals surface area contributed by atoms with Crippen LogP contribution in [-0.4, -0.2) is 55.0 Å². The summed E-state index contributed by atoms with van der Waals surface area (Å²) in [6.07, 6.45) is 6.67. The molecule has 0 aliphatic carbocycles. The number of guanidine groups is 1. The van der Waals surface area contributed by atoms with E-state index < -0.39 is 0 Å². The first-order valence-corrected chi connectivity index (χ1v) is 7.55. The molecular weight excluding hydrogens is 224 g/mol. The van der Waals surface area contributed by atoms with Gasteiger partial charge in [-0.2, -0.15) is 0 Å². The van der Waals surface area contributed by atoms with E-state index in [0.29, 0.717) is 5.96 Å². The molecule has 1 heterocycles. The first-order valence-electron chi connectivity index (χ1n) is 7.55. The Labute approximate surface area is 112 Å². The van der Waals surface area contributed by atoms with Crippen LogP contribution in [0.25, 0.3) is 0 Å². The van der Waals surface area contributed by atoms with E-state index in [1.807, 2.05) is 0 Å². The van der Waals surface area contributed by atoms with Crippen molar-refractivity contribution in [1.82, 2.24) is 9.80 Å². The van der Waals surface area contributed by atoms with E-state index in [-0.39, 0.29) is 0 Å². The van der Waals surface area contributed by atoms with Crippen LogP contribution in [0, 0.1) is 0 Å². The van der Waals surface area contributed by atoms with Crippen LogP contribution >= 0.6 is 0 Å². The average molecular weight is 254 g/mol. The highest BCUT2D eigenvalue weighted by atomic mass is 15.2. The molecule has 0 saturated carbocycles. The van der Waals surface area contributed by atoms with Gasteiger partial charge in [0.05, 0.1) is 0 Å². The second-order valence-corrected chi connectivity index (χ2v) is 5.02. The normalized spacial score (nSPS) is 18.7. The first kappa shape index (κ1) is 15.3. The first-order chi connectivity index (χ1) is 8.77. The molecule has 106 valence electrons. The number of hydrogen-bond acceptors (Lipinski definition) is 2. The minimum Gasteiger partial charge on any atom is -0.370 e. The fourth-order valence-corrected chi connectivity index (χ4v) is 2.50. The number of likely N-dealkylation sites (tertiary alicyclic amines) is 1. The number of rotatable bonds is 6. The van der Waals surface area contributed by atoms with Crippen LogP contribution in [0.3, 0.4) is 0 Å². The Kier molecular flexibility index (Phi) is 7.81. The summed E-state index contributed by atoms with van der Waals surface area (Å²) in [5.41, 5.74) is 5.95. The maximum absolute atomic E-state index is 5.95. The summed E-state index contributed by atoms with van der Waals surface area (Å²) in [6, 6.07) is 0. The van der Waals surface area contributed by atoms with E-state index in [1.165, 1.54) is 45.3 Å². The Morgan fingerprint density at radius 2 is 1.72 bits per heavy atom. The van der Waals surface area contributed by atoms with Gasteiger partial charge in [0.2, 0.25) is 0 Å². The summed E-state index contributed by atoms with van der Waals surface area (Å²) in [5, 5.41) is 0. The molecule has 4 nitrogen and oxygen atoms in total. The van der Waals surface area contributed by atoms with Gasteiger partial charge in [0.1, 0.15) is 0 Å². The lowest BCUT2D eigenvalue weighted by atomic mass is 10.2. The molecule has 0 bridgehead atoms. The van der Waals surface area contributed by atoms with Crippen molar-refractivity contribution >= 4 is 5.96 Å². The monoisotopic (exact) mass is 254 g/mol. The van der Waals surface area contributed by atoms with Crippen molar-refractivity contribution in [2.45, 2.75) is 46.0 Å². The van der Waals surface area contributed by atoms with Gasteiger partial charge in [-0.15, -0.1) is 0 Å². The van der Waals surface area contributed by atoms with Crippen molar-refractivity contribution in [1.29, 1.82) is 0 Å². The molecule has 1 rings (SSSR count). The molecule has 1 saturated heterocycles. The summed E-state index contributed by atoms with van der Waals surface area (Å²) in [5.74, 6) is 0.705. The van der Waals surface area contributed by atoms with Gasteiger partial charge in [0, 0.05) is 19.6 Å². The Bertz CT molecular complexity index is 228. The third kappa shape index (κ3) is 5.71. The fraction of sp³-hybridized carbons (Fsp3) is 0.929. The molecule has 4 heteroatoms. The maximum Gasteiger partial charge on any atom is 0.191 e. The van der Waals surface area contributed by atoms with Gasteiger partial charge < -0.3 is 15.5 Å². The number of nitrogens with two attached hydrogens (primary N) is 1. The summed E-state index contributed by atoms with van der Waals surface area (Å²) < 4.78 is 0. The van der Waals surface area contributed by atoms with Crippen LogP contribution in [0.2, 0.25) is 0 Å². The summed E-state index contributed by atoms with van der Waals surface area (Å²) >= 11 is 0. The van der Waals surface area contributed by atoms with E-state index in [4.69, 9.17) is 5.73 Å². The van der Waals surface area contributed by atoms with Crippen LogP contribution in [0.5, 0.6) is 0 Å². The Hall–Kier alpha value is -0.770. The molecule has 18 heavy (non-hydrogen) atoms. The van der Waals surface area contributed by atoms with Gasteiger partial charge in [-0.1, -0.05) is 12.8 Å². The Morgan fingerprint density at radius 1 is 1.11 bits per heavy atom. The molecule has 0 radical (unpaired) electrons. The van der Waals surface area contributed by atoms with Gasteiger partial charge in [0.25, 0.3) is 0 Å². The zero-order valence-corrected chi connectivity index (χ0v) is 12.2. The topological polar surface area (TPSA) is 44.9 Å². The minimum absolute atomic E-state index is 0.705. The lowest BCUT2D eigenvalue weighted by Crippen LogP contribution is -2.37. The quantitative estimate of drug-likeness (QED) is 0.447. The zero-order valence-electron chi connectivity index (χ0n) is 12.2. The van der Waals surface area contributed by atoms with Crippen LogP contribution < -0.4 is 5.73 Å². The number of hydrogen-bond donors (Lipinski definition) is 1. The summed E-state index contributed by atoms with van der Waals surface area (Å²) in [7, 11) is 0. The van der Waals surface area contributed by atoms with Crippen LogP contribution in [-0.2, 0) is 0 Å². The largest absolute Gasteiger partial charge is 0.370 e. The van der Waals surface area contributed by atoms with Gasteiger partial charge in [-0.25, -0.2) is 0 Å². The average Bonchev–Trinajstić information content (AvgIpc) is 2.65. The maximum atomic E-state index is 5.95. The molecule has 0 atom stereocenters. The van der Waals surface area contributed by atoms with Crippen LogP contribution in [0.4, 0.5) is 0 Å². The van der Waals surface area contributed by atoms with E-state index >= 15 is 0 Å². The van der Waals surface area contributed by atoms with Crippen molar-refractivity contribution in [3.05, 3.63) is 0 Å². The minimum atomic E-state index is 0.705. The van der Waals surface area contributed by atoms with E-state index in [2.05, 4.69) is 28.6 Å². The van der Waals surface area contributed by atoms with Crippen LogP contribution in [0.1, 0.15) is 46.0 Å². The van der Waals surface area contributed by atoms with Crippen LogP contribution in [0.15, 0.2) is 4.99 Å². The third-order valence-electron chi connectivity index (χ3n) is 3.69. The molecule has 1 aliphatic rings. The Balaban J connectivity index is 2.18. The lowest BCUT2D eigenvalue weighted by molar-refractivity contribution is 0.283. The van der Waals surface area contributed by atoms with Gasteiger partial charge in [0.15, 0.2) is 5.96 Å². The molecule has 0 spiro atoms. The summed E-state index contributed by atoms with van der Waals surface area (Å²) in [4.78, 5) is 9.15. The third-order valence-corrected chi connectivity index (χ3v) is 3.69. The molecule has 0 aromatic heterocycles. The zero-order chi connectivity index (χ0) is 13.2. The van der Waals surface area contributed by atoms with Crippen molar-refractivity contribution in [2.75, 3.05) is 39.3 Å². The predicted octanol–water partition coefficient (Wildman–Crippen LogP) is 1.91. The predicted molar refractivity (Wildman–Crippen MR) is 78.9 cm³/mol. The standard InChI is InChI=1S/C14H30N4/c1-3-18(4-2)14(15)16-10-9-13-17-11-7-5-6-8-12-17/h3-13H2,1-2H3,(H2,15,16). The van der Waals surface area contributed by atoms with Crippen molar-refractivity contribution < 1.29 is 0 Å². The molecule has 0 aromatic rings. The molecule has 0 unspecified atom stereocenters. The fourth-order valence-electron chi connectivity index (χ4n) is 2.50. The van der Waals surface area contributed by atoms with Crippen molar-refractivity contribution in [2.24, 2.45) is 10.7 Å². The van der Waals surface area contributed by atoms with Crippen molar-refractivity contribution in [3.63, 3.8) is 0 Å². The molecule has 2 N–H and O–H groups in total.